The predicted molar refractivity (Wildman–Crippen MR) is 116 cm³/mol. The second-order valence-electron chi connectivity index (χ2n) is 8.69. The van der Waals surface area contributed by atoms with Crippen LogP contribution < -0.4 is 10.6 Å². The molecule has 2 aliphatic carbocycles. The standard InChI is InChI=1S/C23H26ClFN4/c1-29-20-6-5-15(14-26-16-7-9-23(10-8-16)11-12-23)13-19(20)27-22(29)28-21-17(24)3-2-4-18(21)25/h2-6,13,16,26H,7-12,14H2,1H3,(H,27,28). The van der Waals surface area contributed by atoms with E-state index in [1.807, 2.05) is 11.6 Å². The van der Waals surface area contributed by atoms with Gasteiger partial charge in [-0.05, 0) is 73.8 Å². The molecule has 0 radical (unpaired) electrons. The van der Waals surface area contributed by atoms with E-state index in [4.69, 9.17) is 11.6 Å². The first-order valence-corrected chi connectivity index (χ1v) is 10.8. The molecule has 2 N–H and O–H groups in total. The SMILES string of the molecule is Cn1c(Nc2c(F)cccc2Cl)nc2cc(CNC3CCC4(CC3)CC4)ccc21. The first kappa shape index (κ1) is 18.9. The molecule has 1 heterocycles. The number of rotatable bonds is 5. The fraction of sp³-hybridized carbons (Fsp3) is 0.435. The largest absolute Gasteiger partial charge is 0.322 e. The molecule has 0 bridgehead atoms. The van der Waals surface area contributed by atoms with Crippen molar-refractivity contribution in [1.82, 2.24) is 14.9 Å². The second kappa shape index (κ2) is 7.29. The highest BCUT2D eigenvalue weighted by molar-refractivity contribution is 6.33. The fourth-order valence-corrected chi connectivity index (χ4v) is 4.78. The zero-order valence-electron chi connectivity index (χ0n) is 16.6. The van der Waals surface area contributed by atoms with Gasteiger partial charge in [-0.25, -0.2) is 9.37 Å². The molecule has 2 aliphatic rings. The summed E-state index contributed by atoms with van der Waals surface area (Å²) in [6.45, 7) is 0.853. The van der Waals surface area contributed by atoms with Crippen molar-refractivity contribution in [3.8, 4) is 0 Å². The molecule has 5 rings (SSSR count). The molecular weight excluding hydrogens is 387 g/mol. The Bertz CT molecular complexity index is 1030. The minimum absolute atomic E-state index is 0.250. The van der Waals surface area contributed by atoms with Crippen LogP contribution in [0.2, 0.25) is 5.02 Å². The number of hydrogen-bond donors (Lipinski definition) is 2. The summed E-state index contributed by atoms with van der Waals surface area (Å²) >= 11 is 6.14. The van der Waals surface area contributed by atoms with Crippen LogP contribution in [0.5, 0.6) is 0 Å². The Kier molecular flexibility index (Phi) is 4.75. The van der Waals surface area contributed by atoms with Crippen LogP contribution in [-0.2, 0) is 13.6 Å². The zero-order valence-corrected chi connectivity index (χ0v) is 17.4. The van der Waals surface area contributed by atoms with Crippen molar-refractivity contribution in [2.75, 3.05) is 5.32 Å². The summed E-state index contributed by atoms with van der Waals surface area (Å²) in [7, 11) is 1.92. The Labute approximate surface area is 175 Å². The van der Waals surface area contributed by atoms with Gasteiger partial charge in [-0.3, -0.25) is 0 Å². The number of imidazole rings is 1. The van der Waals surface area contributed by atoms with Gasteiger partial charge in [0.05, 0.1) is 21.7 Å². The summed E-state index contributed by atoms with van der Waals surface area (Å²) in [5.74, 6) is 0.175. The summed E-state index contributed by atoms with van der Waals surface area (Å²) < 4.78 is 16.0. The van der Waals surface area contributed by atoms with E-state index >= 15 is 0 Å². The predicted octanol–water partition coefficient (Wildman–Crippen LogP) is 5.92. The number of hydrogen-bond acceptors (Lipinski definition) is 3. The van der Waals surface area contributed by atoms with E-state index in [9.17, 15) is 4.39 Å². The van der Waals surface area contributed by atoms with Crippen LogP contribution in [0.1, 0.15) is 44.1 Å². The Hall–Kier alpha value is -2.11. The van der Waals surface area contributed by atoms with Crippen molar-refractivity contribution in [3.63, 3.8) is 0 Å². The fourth-order valence-electron chi connectivity index (χ4n) is 4.57. The molecule has 0 unspecified atom stereocenters. The third kappa shape index (κ3) is 3.74. The van der Waals surface area contributed by atoms with E-state index in [-0.39, 0.29) is 5.69 Å². The third-order valence-electron chi connectivity index (χ3n) is 6.74. The number of fused-ring (bicyclic) bond motifs is 1. The molecule has 1 spiro atoms. The molecule has 2 saturated carbocycles. The topological polar surface area (TPSA) is 41.9 Å². The lowest BCUT2D eigenvalue weighted by Crippen LogP contribution is -2.33. The summed E-state index contributed by atoms with van der Waals surface area (Å²) in [5, 5.41) is 7.11. The lowest BCUT2D eigenvalue weighted by Gasteiger charge is -2.29. The summed E-state index contributed by atoms with van der Waals surface area (Å²) in [6.07, 6.45) is 8.26. The van der Waals surface area contributed by atoms with Crippen LogP contribution in [0.15, 0.2) is 36.4 Å². The minimum atomic E-state index is -0.394. The van der Waals surface area contributed by atoms with E-state index in [1.54, 1.807) is 12.1 Å². The van der Waals surface area contributed by atoms with Crippen LogP contribution in [0, 0.1) is 11.2 Å². The highest BCUT2D eigenvalue weighted by Crippen LogP contribution is 2.56. The maximum absolute atomic E-state index is 14.1. The van der Waals surface area contributed by atoms with Gasteiger partial charge in [-0.1, -0.05) is 23.7 Å². The number of halogens is 2. The first-order valence-electron chi connectivity index (χ1n) is 10.4. The zero-order chi connectivity index (χ0) is 20.0. The maximum Gasteiger partial charge on any atom is 0.208 e. The third-order valence-corrected chi connectivity index (χ3v) is 7.06. The molecule has 4 nitrogen and oxygen atoms in total. The van der Waals surface area contributed by atoms with Crippen molar-refractivity contribution in [2.24, 2.45) is 12.5 Å². The summed E-state index contributed by atoms with van der Waals surface area (Å²) in [5.41, 5.74) is 4.09. The van der Waals surface area contributed by atoms with Crippen LogP contribution in [0.4, 0.5) is 16.0 Å². The first-order chi connectivity index (χ1) is 14.0. The van der Waals surface area contributed by atoms with Crippen LogP contribution in [0.3, 0.4) is 0 Å². The van der Waals surface area contributed by atoms with Gasteiger partial charge >= 0.3 is 0 Å². The Morgan fingerprint density at radius 2 is 1.97 bits per heavy atom. The van der Waals surface area contributed by atoms with Gasteiger partial charge in [0.25, 0.3) is 0 Å². The molecule has 29 heavy (non-hydrogen) atoms. The average molecular weight is 413 g/mol. The monoisotopic (exact) mass is 412 g/mol. The highest BCUT2D eigenvalue weighted by Gasteiger charge is 2.44. The quantitative estimate of drug-likeness (QED) is 0.546. The van der Waals surface area contributed by atoms with Crippen molar-refractivity contribution in [1.29, 1.82) is 0 Å². The van der Waals surface area contributed by atoms with Gasteiger partial charge in [0.1, 0.15) is 5.82 Å². The van der Waals surface area contributed by atoms with Gasteiger partial charge in [0.15, 0.2) is 0 Å². The van der Waals surface area contributed by atoms with Gasteiger partial charge in [0.2, 0.25) is 5.95 Å². The van der Waals surface area contributed by atoms with E-state index in [0.29, 0.717) is 17.0 Å². The lowest BCUT2D eigenvalue weighted by molar-refractivity contribution is 0.273. The number of benzene rings is 2. The van der Waals surface area contributed by atoms with E-state index in [0.717, 1.165) is 23.0 Å². The Morgan fingerprint density at radius 3 is 2.69 bits per heavy atom. The second-order valence-corrected chi connectivity index (χ2v) is 9.10. The number of nitrogens with zero attached hydrogens (tertiary/aromatic N) is 2. The molecule has 0 aliphatic heterocycles. The molecule has 2 fully saturated rings. The van der Waals surface area contributed by atoms with Gasteiger partial charge in [-0.2, -0.15) is 0 Å². The van der Waals surface area contributed by atoms with Crippen LogP contribution >= 0.6 is 11.6 Å². The van der Waals surface area contributed by atoms with Crippen molar-refractivity contribution < 1.29 is 4.39 Å². The average Bonchev–Trinajstić information content (AvgIpc) is 3.40. The Morgan fingerprint density at radius 1 is 1.17 bits per heavy atom. The summed E-state index contributed by atoms with van der Waals surface area (Å²) in [4.78, 5) is 4.67. The van der Waals surface area contributed by atoms with Gasteiger partial charge < -0.3 is 15.2 Å². The van der Waals surface area contributed by atoms with E-state index in [1.165, 1.54) is 50.2 Å². The number of aromatic nitrogens is 2. The number of anilines is 2. The highest BCUT2D eigenvalue weighted by atomic mass is 35.5. The smallest absolute Gasteiger partial charge is 0.208 e. The number of aryl methyl sites for hydroxylation is 1. The molecule has 0 atom stereocenters. The van der Waals surface area contributed by atoms with Gasteiger partial charge in [0, 0.05) is 19.6 Å². The Balaban J connectivity index is 1.30. The number of nitrogens with one attached hydrogen (secondary N) is 2. The molecule has 2 aromatic carbocycles. The molecule has 0 amide bonds. The van der Waals surface area contributed by atoms with E-state index < -0.39 is 5.82 Å². The molecule has 152 valence electrons. The van der Waals surface area contributed by atoms with Gasteiger partial charge in [-0.15, -0.1) is 0 Å². The normalized spacial score (nSPS) is 18.4. The molecular formula is C23H26ClFN4. The molecule has 1 aromatic heterocycles. The van der Waals surface area contributed by atoms with Crippen molar-refractivity contribution >= 4 is 34.3 Å². The summed E-state index contributed by atoms with van der Waals surface area (Å²) in [6, 6.07) is 11.6. The van der Waals surface area contributed by atoms with Crippen LogP contribution in [0.25, 0.3) is 11.0 Å². The van der Waals surface area contributed by atoms with Crippen LogP contribution in [-0.4, -0.2) is 15.6 Å². The lowest BCUT2D eigenvalue weighted by atomic mass is 9.83. The molecule has 0 saturated heterocycles. The van der Waals surface area contributed by atoms with Crippen molar-refractivity contribution in [2.45, 2.75) is 51.1 Å². The number of para-hydroxylation sites is 1. The van der Waals surface area contributed by atoms with E-state index in [2.05, 4.69) is 33.8 Å². The maximum atomic E-state index is 14.1. The molecule has 3 aromatic rings. The molecule has 6 heteroatoms. The minimum Gasteiger partial charge on any atom is -0.322 e. The van der Waals surface area contributed by atoms with Crippen molar-refractivity contribution in [3.05, 3.63) is 52.8 Å².